The number of esters is 1. The summed E-state index contributed by atoms with van der Waals surface area (Å²) in [5.41, 5.74) is 0.279. The van der Waals surface area contributed by atoms with Gasteiger partial charge in [-0.3, -0.25) is 9.69 Å². The van der Waals surface area contributed by atoms with Crippen molar-refractivity contribution >= 4 is 5.97 Å². The fraction of sp³-hybridized carbons (Fsp3) is 0.533. The van der Waals surface area contributed by atoms with Crippen LogP contribution in [0.15, 0.2) is 18.2 Å². The summed E-state index contributed by atoms with van der Waals surface area (Å²) in [5.74, 6) is -1.96. The molecule has 1 aromatic rings. The predicted molar refractivity (Wildman–Crippen MR) is 71.0 cm³/mol. The van der Waals surface area contributed by atoms with Crippen molar-refractivity contribution in [2.24, 2.45) is 0 Å². The SMILES string of the molecule is CCOC(=O)C1CCCCN1Cc1cccc(F)c1F. The van der Waals surface area contributed by atoms with Crippen molar-refractivity contribution in [1.29, 1.82) is 0 Å². The highest BCUT2D eigenvalue weighted by Crippen LogP contribution is 2.22. The number of halogens is 2. The molecule has 1 atom stereocenters. The van der Waals surface area contributed by atoms with Crippen molar-refractivity contribution in [3.05, 3.63) is 35.4 Å². The van der Waals surface area contributed by atoms with Crippen LogP contribution in [0.25, 0.3) is 0 Å². The van der Waals surface area contributed by atoms with E-state index in [2.05, 4.69) is 0 Å². The number of nitrogens with zero attached hydrogens (tertiary/aromatic N) is 1. The van der Waals surface area contributed by atoms with Gasteiger partial charge in [0.15, 0.2) is 11.6 Å². The Kier molecular flexibility index (Phi) is 5.06. The highest BCUT2D eigenvalue weighted by molar-refractivity contribution is 5.75. The maximum Gasteiger partial charge on any atom is 0.323 e. The largest absolute Gasteiger partial charge is 0.465 e. The van der Waals surface area contributed by atoms with E-state index in [1.807, 2.05) is 4.90 Å². The van der Waals surface area contributed by atoms with Crippen LogP contribution in [0.3, 0.4) is 0 Å². The molecule has 1 saturated heterocycles. The van der Waals surface area contributed by atoms with E-state index < -0.39 is 11.6 Å². The third-order valence-corrected chi connectivity index (χ3v) is 3.58. The van der Waals surface area contributed by atoms with Gasteiger partial charge in [0.05, 0.1) is 6.61 Å². The van der Waals surface area contributed by atoms with Crippen LogP contribution in [0, 0.1) is 11.6 Å². The van der Waals surface area contributed by atoms with Crippen LogP contribution < -0.4 is 0 Å². The quantitative estimate of drug-likeness (QED) is 0.796. The van der Waals surface area contributed by atoms with Crippen LogP contribution in [-0.4, -0.2) is 30.1 Å². The van der Waals surface area contributed by atoms with Crippen molar-refractivity contribution in [3.8, 4) is 0 Å². The molecule has 0 bridgehead atoms. The maximum absolute atomic E-state index is 13.7. The molecular weight excluding hydrogens is 264 g/mol. The fourth-order valence-corrected chi connectivity index (χ4v) is 2.57. The summed E-state index contributed by atoms with van der Waals surface area (Å²) < 4.78 is 32.0. The zero-order valence-corrected chi connectivity index (χ0v) is 11.6. The zero-order valence-electron chi connectivity index (χ0n) is 11.6. The minimum atomic E-state index is -0.854. The Morgan fingerprint density at radius 2 is 2.20 bits per heavy atom. The van der Waals surface area contributed by atoms with Gasteiger partial charge in [0.2, 0.25) is 0 Å². The molecule has 1 fully saturated rings. The normalized spacial score (nSPS) is 19.9. The number of carbonyl (C=O) groups excluding carboxylic acids is 1. The van der Waals surface area contributed by atoms with Crippen LogP contribution in [0.4, 0.5) is 8.78 Å². The second-order valence-electron chi connectivity index (χ2n) is 4.95. The number of hydrogen-bond donors (Lipinski definition) is 0. The molecule has 0 radical (unpaired) electrons. The van der Waals surface area contributed by atoms with Gasteiger partial charge in [0.25, 0.3) is 0 Å². The van der Waals surface area contributed by atoms with Crippen LogP contribution in [-0.2, 0) is 16.1 Å². The second-order valence-corrected chi connectivity index (χ2v) is 4.95. The van der Waals surface area contributed by atoms with E-state index in [9.17, 15) is 13.6 Å². The molecule has 5 heteroatoms. The third kappa shape index (κ3) is 3.33. The van der Waals surface area contributed by atoms with Crippen molar-refractivity contribution in [2.75, 3.05) is 13.2 Å². The molecule has 1 aliphatic heterocycles. The van der Waals surface area contributed by atoms with Crippen LogP contribution in [0.2, 0.25) is 0 Å². The number of piperidine rings is 1. The number of rotatable bonds is 4. The first-order valence-corrected chi connectivity index (χ1v) is 6.97. The topological polar surface area (TPSA) is 29.5 Å². The van der Waals surface area contributed by atoms with Gasteiger partial charge in [-0.1, -0.05) is 18.6 Å². The first kappa shape index (κ1) is 14.9. The average Bonchev–Trinajstić information content (AvgIpc) is 2.45. The molecule has 1 aromatic carbocycles. The van der Waals surface area contributed by atoms with E-state index in [0.717, 1.165) is 18.9 Å². The molecule has 1 unspecified atom stereocenters. The Balaban J connectivity index is 2.12. The number of benzene rings is 1. The summed E-state index contributed by atoms with van der Waals surface area (Å²) in [5, 5.41) is 0. The lowest BCUT2D eigenvalue weighted by atomic mass is 10.0. The maximum atomic E-state index is 13.7. The number of carbonyl (C=O) groups is 1. The number of hydrogen-bond acceptors (Lipinski definition) is 3. The summed E-state index contributed by atoms with van der Waals surface area (Å²) in [6.45, 7) is 3.02. The first-order chi connectivity index (χ1) is 9.63. The average molecular weight is 283 g/mol. The zero-order chi connectivity index (χ0) is 14.5. The molecule has 20 heavy (non-hydrogen) atoms. The summed E-state index contributed by atoms with van der Waals surface area (Å²) in [4.78, 5) is 13.8. The van der Waals surface area contributed by atoms with Crippen molar-refractivity contribution < 1.29 is 18.3 Å². The van der Waals surface area contributed by atoms with E-state index in [1.54, 1.807) is 13.0 Å². The molecular formula is C15H19F2NO2. The third-order valence-electron chi connectivity index (χ3n) is 3.58. The highest BCUT2D eigenvalue weighted by atomic mass is 19.2. The predicted octanol–water partition coefficient (Wildman–Crippen LogP) is 2.88. The molecule has 1 aliphatic rings. The number of likely N-dealkylation sites (tertiary alicyclic amines) is 1. The van der Waals surface area contributed by atoms with Gasteiger partial charge >= 0.3 is 5.97 Å². The van der Waals surface area contributed by atoms with E-state index in [0.29, 0.717) is 19.6 Å². The molecule has 0 amide bonds. The molecule has 1 heterocycles. The lowest BCUT2D eigenvalue weighted by Crippen LogP contribution is -2.45. The van der Waals surface area contributed by atoms with E-state index >= 15 is 0 Å². The van der Waals surface area contributed by atoms with Crippen molar-refractivity contribution in [1.82, 2.24) is 4.90 Å². The van der Waals surface area contributed by atoms with Crippen molar-refractivity contribution in [3.63, 3.8) is 0 Å². The Morgan fingerprint density at radius 1 is 1.40 bits per heavy atom. The van der Waals surface area contributed by atoms with Gasteiger partial charge in [0, 0.05) is 12.1 Å². The minimum Gasteiger partial charge on any atom is -0.465 e. The lowest BCUT2D eigenvalue weighted by molar-refractivity contribution is -0.151. The Labute approximate surface area is 117 Å². The van der Waals surface area contributed by atoms with Gasteiger partial charge in [0.1, 0.15) is 6.04 Å². The summed E-state index contributed by atoms with van der Waals surface area (Å²) >= 11 is 0. The van der Waals surface area contributed by atoms with Crippen molar-refractivity contribution in [2.45, 2.75) is 38.8 Å². The van der Waals surface area contributed by atoms with E-state index in [-0.39, 0.29) is 24.1 Å². The molecule has 0 aliphatic carbocycles. The lowest BCUT2D eigenvalue weighted by Gasteiger charge is -2.34. The van der Waals surface area contributed by atoms with Gasteiger partial charge < -0.3 is 4.74 Å². The van der Waals surface area contributed by atoms with Gasteiger partial charge in [-0.15, -0.1) is 0 Å². The number of ether oxygens (including phenoxy) is 1. The Bertz CT molecular complexity index is 479. The molecule has 2 rings (SSSR count). The van der Waals surface area contributed by atoms with E-state index in [4.69, 9.17) is 4.74 Å². The molecule has 0 spiro atoms. The van der Waals surface area contributed by atoms with Gasteiger partial charge in [-0.2, -0.15) is 0 Å². The van der Waals surface area contributed by atoms with Gasteiger partial charge in [-0.05, 0) is 32.4 Å². The Morgan fingerprint density at radius 3 is 2.95 bits per heavy atom. The first-order valence-electron chi connectivity index (χ1n) is 6.97. The Hall–Kier alpha value is -1.49. The fourth-order valence-electron chi connectivity index (χ4n) is 2.57. The second kappa shape index (κ2) is 6.79. The molecule has 3 nitrogen and oxygen atoms in total. The monoisotopic (exact) mass is 283 g/mol. The molecule has 0 aromatic heterocycles. The van der Waals surface area contributed by atoms with Gasteiger partial charge in [-0.25, -0.2) is 8.78 Å². The summed E-state index contributed by atoms with van der Waals surface area (Å²) in [7, 11) is 0. The molecule has 110 valence electrons. The molecule has 0 saturated carbocycles. The van der Waals surface area contributed by atoms with Crippen LogP contribution in [0.5, 0.6) is 0 Å². The van der Waals surface area contributed by atoms with Crippen LogP contribution >= 0.6 is 0 Å². The van der Waals surface area contributed by atoms with E-state index in [1.165, 1.54) is 6.07 Å². The summed E-state index contributed by atoms with van der Waals surface area (Å²) in [6.07, 6.45) is 2.61. The highest BCUT2D eigenvalue weighted by Gasteiger charge is 2.30. The smallest absolute Gasteiger partial charge is 0.323 e. The molecule has 0 N–H and O–H groups in total. The standard InChI is InChI=1S/C15H19F2NO2/c1-2-20-15(19)13-8-3-4-9-18(13)10-11-6-5-7-12(16)14(11)17/h5-7,13H,2-4,8-10H2,1H3. The summed E-state index contributed by atoms with van der Waals surface area (Å²) in [6, 6.07) is 3.77. The minimum absolute atomic E-state index is 0.229. The van der Waals surface area contributed by atoms with Crippen LogP contribution in [0.1, 0.15) is 31.7 Å².